The molecule has 2 N–H and O–H groups in total. The van der Waals surface area contributed by atoms with Crippen LogP contribution in [0.4, 0.5) is 4.79 Å². The first-order valence-corrected chi connectivity index (χ1v) is 1.58. The molecule has 0 saturated carbocycles. The molecule has 0 aromatic rings. The van der Waals surface area contributed by atoms with Gasteiger partial charge in [0.15, 0.2) is 0 Å². The molecule has 0 aliphatic rings. The van der Waals surface area contributed by atoms with E-state index < -0.39 is 6.03 Å². The number of carbonyl (C=O) groups is 1. The van der Waals surface area contributed by atoms with E-state index in [2.05, 4.69) is 22.5 Å². The largest absolute Gasteiger partial charge is 0.356 e. The molecule has 4 heteroatoms. The molecule has 4 nitrogen and oxygen atoms in total. The fourth-order valence-electron chi connectivity index (χ4n) is 0.0977. The van der Waals surface area contributed by atoms with Gasteiger partial charge < -0.3 is 5.73 Å². The average Bonchev–Trinajstić information content (AvgIpc) is 1.61. The Morgan fingerprint density at radius 3 is 2.57 bits per heavy atom. The number of urea groups is 1. The summed E-state index contributed by atoms with van der Waals surface area (Å²) in [5.74, 6) is 0. The van der Waals surface area contributed by atoms with E-state index in [0.717, 1.165) is 6.20 Å². The van der Waals surface area contributed by atoms with Crippen LogP contribution >= 0.6 is 0 Å². The van der Waals surface area contributed by atoms with Crippen molar-refractivity contribution in [1.29, 1.82) is 0 Å². The van der Waals surface area contributed by atoms with E-state index in [1.165, 1.54) is 0 Å². The zero-order valence-corrected chi connectivity index (χ0v) is 3.66. The monoisotopic (exact) mass is 99.0 g/mol. The Kier molecular flexibility index (Phi) is 2.50. The molecule has 0 saturated heterocycles. The van der Waals surface area contributed by atoms with Crippen molar-refractivity contribution in [2.45, 2.75) is 0 Å². The zero-order valence-electron chi connectivity index (χ0n) is 3.66. The Morgan fingerprint density at radius 2 is 2.43 bits per heavy atom. The minimum Gasteiger partial charge on any atom is -0.348 e. The van der Waals surface area contributed by atoms with Gasteiger partial charge in [-0.2, -0.15) is 5.11 Å². The molecular weight excluding hydrogens is 94.1 g/mol. The van der Waals surface area contributed by atoms with Crippen molar-refractivity contribution in [2.75, 3.05) is 0 Å². The second-order valence-corrected chi connectivity index (χ2v) is 0.736. The molecule has 0 rings (SSSR count). The minimum absolute atomic E-state index is 0.806. The predicted molar refractivity (Wildman–Crippen MR) is 24.6 cm³/mol. The quantitative estimate of drug-likeness (QED) is 0.482. The number of nitrogens with two attached hydrogens (primary N) is 1. The molecule has 2 amide bonds. The molecule has 0 radical (unpaired) electrons. The maximum atomic E-state index is 9.67. The molecule has 38 valence electrons. The van der Waals surface area contributed by atoms with Gasteiger partial charge in [0, 0.05) is 6.20 Å². The van der Waals surface area contributed by atoms with Crippen molar-refractivity contribution < 1.29 is 4.79 Å². The Bertz CT molecular complexity index is 107. The van der Waals surface area contributed by atoms with Crippen LogP contribution in [0, 0.1) is 0 Å². The van der Waals surface area contributed by atoms with E-state index in [1.54, 1.807) is 0 Å². The van der Waals surface area contributed by atoms with E-state index in [-0.39, 0.29) is 0 Å². The fraction of sp³-hybridized carbons (Fsp3) is 0. The van der Waals surface area contributed by atoms with Gasteiger partial charge in [0.05, 0.1) is 0 Å². The highest BCUT2D eigenvalue weighted by atomic mass is 16.2. The van der Waals surface area contributed by atoms with E-state index >= 15 is 0 Å². The maximum Gasteiger partial charge on any atom is 0.356 e. The van der Waals surface area contributed by atoms with Crippen molar-refractivity contribution >= 4 is 6.03 Å². The van der Waals surface area contributed by atoms with Crippen molar-refractivity contribution in [1.82, 2.24) is 0 Å². The summed E-state index contributed by atoms with van der Waals surface area (Å²) in [4.78, 5) is 9.67. The highest BCUT2D eigenvalue weighted by Gasteiger charge is 1.77. The summed E-state index contributed by atoms with van der Waals surface area (Å²) in [5.41, 5.74) is 4.53. The van der Waals surface area contributed by atoms with Crippen LogP contribution in [0.5, 0.6) is 0 Å². The smallest absolute Gasteiger partial charge is 0.348 e. The first-order valence-electron chi connectivity index (χ1n) is 1.58. The van der Waals surface area contributed by atoms with Gasteiger partial charge in [-0.25, -0.2) is 4.79 Å². The van der Waals surface area contributed by atoms with Crippen LogP contribution in [0.25, 0.3) is 0 Å². The van der Waals surface area contributed by atoms with Gasteiger partial charge in [-0.3, -0.25) is 0 Å². The number of amides is 2. The van der Waals surface area contributed by atoms with Crippen molar-refractivity contribution in [3.05, 3.63) is 12.8 Å². The van der Waals surface area contributed by atoms with Crippen LogP contribution in [0.1, 0.15) is 0 Å². The van der Waals surface area contributed by atoms with Crippen LogP contribution in [0.3, 0.4) is 0 Å². The van der Waals surface area contributed by atoms with Crippen LogP contribution in [0.15, 0.2) is 23.0 Å². The summed E-state index contributed by atoms with van der Waals surface area (Å²) < 4.78 is 0. The van der Waals surface area contributed by atoms with Crippen LogP contribution in [0.2, 0.25) is 0 Å². The Morgan fingerprint density at radius 1 is 1.86 bits per heavy atom. The molecule has 0 aliphatic heterocycles. The average molecular weight is 99.1 g/mol. The van der Waals surface area contributed by atoms with Gasteiger partial charge in [-0.15, -0.1) is 0 Å². The maximum absolute atomic E-state index is 9.67. The van der Waals surface area contributed by atoms with Gasteiger partial charge in [-0.1, -0.05) is 11.7 Å². The first-order chi connectivity index (χ1) is 3.27. The molecular formula is C3H5N3O. The topological polar surface area (TPSA) is 67.8 Å². The van der Waals surface area contributed by atoms with Crippen molar-refractivity contribution in [2.24, 2.45) is 16.0 Å². The molecule has 0 fully saturated rings. The number of rotatable bonds is 1. The minimum atomic E-state index is -0.806. The van der Waals surface area contributed by atoms with E-state index in [0.29, 0.717) is 0 Å². The fourth-order valence-corrected chi connectivity index (χ4v) is 0.0977. The summed E-state index contributed by atoms with van der Waals surface area (Å²) in [5, 5.41) is 5.97. The highest BCUT2D eigenvalue weighted by molar-refractivity contribution is 5.71. The van der Waals surface area contributed by atoms with Gasteiger partial charge in [0.1, 0.15) is 0 Å². The van der Waals surface area contributed by atoms with Gasteiger partial charge in [-0.05, 0) is 0 Å². The number of nitrogens with zero attached hydrogens (tertiary/aromatic N) is 2. The van der Waals surface area contributed by atoms with Gasteiger partial charge in [0.2, 0.25) is 0 Å². The SMILES string of the molecule is C=CN=NC(N)=O. The second kappa shape index (κ2) is 3.02. The summed E-state index contributed by atoms with van der Waals surface area (Å²) >= 11 is 0. The first kappa shape index (κ1) is 5.81. The standard InChI is InChI=1S/C3H5N3O/c1-2-5-6-3(4)7/h2H,1H2,(H2,4,7). The summed E-state index contributed by atoms with van der Waals surface area (Å²) in [7, 11) is 0. The lowest BCUT2D eigenvalue weighted by atomic mass is 11.1. The number of hydrogen-bond donors (Lipinski definition) is 1. The lowest BCUT2D eigenvalue weighted by molar-refractivity contribution is 0.255. The van der Waals surface area contributed by atoms with Crippen molar-refractivity contribution in [3.8, 4) is 0 Å². The van der Waals surface area contributed by atoms with Gasteiger partial charge in [0.25, 0.3) is 0 Å². The summed E-state index contributed by atoms with van der Waals surface area (Å²) in [6, 6.07) is -0.806. The zero-order chi connectivity index (χ0) is 5.70. The molecule has 0 aromatic carbocycles. The molecule has 0 unspecified atom stereocenters. The van der Waals surface area contributed by atoms with Gasteiger partial charge >= 0.3 is 6.03 Å². The normalized spacial score (nSPS) is 9.14. The van der Waals surface area contributed by atoms with Crippen LogP contribution in [-0.2, 0) is 0 Å². The molecule has 7 heavy (non-hydrogen) atoms. The summed E-state index contributed by atoms with van der Waals surface area (Å²) in [6.45, 7) is 3.16. The van der Waals surface area contributed by atoms with E-state index in [4.69, 9.17) is 0 Å². The third-order valence-electron chi connectivity index (χ3n) is 0.238. The molecule has 0 spiro atoms. The Hall–Kier alpha value is -1.19. The molecule has 0 aromatic heterocycles. The highest BCUT2D eigenvalue weighted by Crippen LogP contribution is 1.71. The Labute approximate surface area is 40.7 Å². The number of carbonyl (C=O) groups excluding carboxylic acids is 1. The number of primary amides is 1. The molecule has 0 bridgehead atoms. The lowest BCUT2D eigenvalue weighted by Gasteiger charge is -1.70. The van der Waals surface area contributed by atoms with Crippen LogP contribution < -0.4 is 5.73 Å². The Balaban J connectivity index is 3.46. The molecule has 0 heterocycles. The lowest BCUT2D eigenvalue weighted by Crippen LogP contribution is -2.01. The number of hydrogen-bond acceptors (Lipinski definition) is 2. The van der Waals surface area contributed by atoms with E-state index in [1.807, 2.05) is 0 Å². The van der Waals surface area contributed by atoms with Crippen molar-refractivity contribution in [3.63, 3.8) is 0 Å². The van der Waals surface area contributed by atoms with E-state index in [9.17, 15) is 4.79 Å². The third kappa shape index (κ3) is 4.81. The third-order valence-corrected chi connectivity index (χ3v) is 0.238. The summed E-state index contributed by atoms with van der Waals surface area (Å²) in [6.07, 6.45) is 1.13. The predicted octanol–water partition coefficient (Wildman–Crippen LogP) is 0.661. The molecule has 0 atom stereocenters. The van der Waals surface area contributed by atoms with Crippen LogP contribution in [-0.4, -0.2) is 6.03 Å². The second-order valence-electron chi connectivity index (χ2n) is 0.736. The number of azo groups is 1. The molecule has 0 aliphatic carbocycles.